The zero-order chi connectivity index (χ0) is 34.6. The first-order valence-electron chi connectivity index (χ1n) is 15.6. The van der Waals surface area contributed by atoms with E-state index in [4.69, 9.17) is 20.1 Å². The van der Waals surface area contributed by atoms with E-state index in [1.165, 1.54) is 23.0 Å². The summed E-state index contributed by atoms with van der Waals surface area (Å²) in [5, 5.41) is 23.5. The van der Waals surface area contributed by atoms with Crippen molar-refractivity contribution < 1.29 is 33.7 Å². The highest BCUT2D eigenvalue weighted by molar-refractivity contribution is 5.95. The van der Waals surface area contributed by atoms with Gasteiger partial charge in [0.15, 0.2) is 11.3 Å². The van der Waals surface area contributed by atoms with E-state index >= 15 is 0 Å². The number of nitrogens with one attached hydrogen (secondary N) is 1. The summed E-state index contributed by atoms with van der Waals surface area (Å²) in [7, 11) is 0. The Hall–Kier alpha value is -4.80. The van der Waals surface area contributed by atoms with Crippen molar-refractivity contribution in [2.24, 2.45) is 0 Å². The lowest BCUT2D eigenvalue weighted by Crippen LogP contribution is -2.62. The molecule has 4 aromatic rings. The minimum atomic E-state index is -0.748. The Labute approximate surface area is 276 Å². The van der Waals surface area contributed by atoms with Gasteiger partial charge >= 0.3 is 0 Å². The number of fused-ring (bicyclic) bond motifs is 1. The third kappa shape index (κ3) is 7.83. The van der Waals surface area contributed by atoms with Crippen molar-refractivity contribution in [3.63, 3.8) is 0 Å². The molecule has 0 atom stereocenters. The molecule has 0 unspecified atom stereocenters. The van der Waals surface area contributed by atoms with Gasteiger partial charge in [-0.3, -0.25) is 19.6 Å². The molecule has 1 saturated heterocycles. The second-order valence-corrected chi connectivity index (χ2v) is 13.2. The van der Waals surface area contributed by atoms with E-state index < -0.39 is 5.54 Å². The number of aromatic nitrogens is 6. The summed E-state index contributed by atoms with van der Waals surface area (Å²) in [6.45, 7) is 11.3. The second kappa shape index (κ2) is 14.1. The van der Waals surface area contributed by atoms with Gasteiger partial charge in [-0.05, 0) is 49.6 Å². The van der Waals surface area contributed by atoms with Crippen LogP contribution in [0.1, 0.15) is 61.2 Å². The van der Waals surface area contributed by atoms with E-state index in [-0.39, 0.29) is 92.9 Å². The normalized spacial score (nSPS) is 14.8. The topological polar surface area (TPSA) is 169 Å². The molecule has 15 nitrogen and oxygen atoms in total. The SMILES string of the molecule is CC(C)(C)c1cc(-c2ccc(F)cc2)nn2cc(C(=O)N3CCN(C(=O)c4cn(CC(=O)NCCOCCOO)nn4)CC3(C)C)nc12. The van der Waals surface area contributed by atoms with Crippen molar-refractivity contribution in [2.75, 3.05) is 46.0 Å². The minimum absolute atomic E-state index is 0.0337. The number of ether oxygens (including phenoxy) is 1. The molecule has 0 radical (unpaired) electrons. The van der Waals surface area contributed by atoms with E-state index in [9.17, 15) is 18.8 Å². The molecule has 1 aliphatic heterocycles. The fourth-order valence-electron chi connectivity index (χ4n) is 5.54. The molecule has 3 amide bonds. The first-order chi connectivity index (χ1) is 22.8. The van der Waals surface area contributed by atoms with Crippen LogP contribution in [0.5, 0.6) is 0 Å². The van der Waals surface area contributed by atoms with E-state index in [1.807, 2.05) is 19.9 Å². The van der Waals surface area contributed by atoms with Crippen LogP contribution in [-0.2, 0) is 26.4 Å². The molecular formula is C32H40FN9O6. The first kappa shape index (κ1) is 34.5. The number of carbonyl (C=O) groups is 3. The predicted octanol–water partition coefficient (Wildman–Crippen LogP) is 2.42. The van der Waals surface area contributed by atoms with Crippen LogP contribution in [-0.4, -0.2) is 114 Å². The molecule has 0 bridgehead atoms. The lowest BCUT2D eigenvalue weighted by Gasteiger charge is -2.46. The van der Waals surface area contributed by atoms with Gasteiger partial charge in [0.2, 0.25) is 5.91 Å². The summed E-state index contributed by atoms with van der Waals surface area (Å²) in [6.07, 6.45) is 3.03. The number of piperazine rings is 1. The maximum atomic E-state index is 13.9. The van der Waals surface area contributed by atoms with Gasteiger partial charge in [0.25, 0.3) is 11.8 Å². The number of benzene rings is 1. The Morgan fingerprint density at radius 2 is 1.77 bits per heavy atom. The van der Waals surface area contributed by atoms with Gasteiger partial charge in [0.1, 0.15) is 24.7 Å². The molecule has 4 heterocycles. The van der Waals surface area contributed by atoms with E-state index in [0.29, 0.717) is 11.3 Å². The molecular weight excluding hydrogens is 625 g/mol. The van der Waals surface area contributed by atoms with Crippen LogP contribution in [0.15, 0.2) is 42.7 Å². The van der Waals surface area contributed by atoms with Crippen molar-refractivity contribution in [1.82, 2.24) is 44.7 Å². The Morgan fingerprint density at radius 1 is 1.02 bits per heavy atom. The maximum Gasteiger partial charge on any atom is 0.276 e. The summed E-state index contributed by atoms with van der Waals surface area (Å²) in [5.41, 5.74) is 2.05. The Morgan fingerprint density at radius 3 is 2.46 bits per heavy atom. The molecule has 5 rings (SSSR count). The van der Waals surface area contributed by atoms with Crippen LogP contribution in [0.2, 0.25) is 0 Å². The molecule has 0 spiro atoms. The average Bonchev–Trinajstić information content (AvgIpc) is 3.68. The van der Waals surface area contributed by atoms with Crippen LogP contribution in [0.4, 0.5) is 4.39 Å². The fraction of sp³-hybridized carbons (Fsp3) is 0.469. The number of nitrogens with zero attached hydrogens (tertiary/aromatic N) is 8. The highest BCUT2D eigenvalue weighted by Crippen LogP contribution is 2.31. The molecule has 16 heteroatoms. The molecule has 0 aliphatic carbocycles. The van der Waals surface area contributed by atoms with Gasteiger partial charge in [0, 0.05) is 37.3 Å². The number of hydrogen-bond donors (Lipinski definition) is 2. The summed E-state index contributed by atoms with van der Waals surface area (Å²) < 4.78 is 21.6. The highest BCUT2D eigenvalue weighted by atomic mass is 19.1. The molecule has 256 valence electrons. The molecule has 1 fully saturated rings. The molecule has 48 heavy (non-hydrogen) atoms. The van der Waals surface area contributed by atoms with Gasteiger partial charge in [-0.1, -0.05) is 26.0 Å². The van der Waals surface area contributed by atoms with Crippen LogP contribution in [0, 0.1) is 5.82 Å². The highest BCUT2D eigenvalue weighted by Gasteiger charge is 2.40. The summed E-state index contributed by atoms with van der Waals surface area (Å²) in [5.74, 6) is -1.32. The minimum Gasteiger partial charge on any atom is -0.377 e. The third-order valence-electron chi connectivity index (χ3n) is 7.98. The Balaban J connectivity index is 1.25. The van der Waals surface area contributed by atoms with Crippen LogP contribution >= 0.6 is 0 Å². The Bertz CT molecular complexity index is 1780. The zero-order valence-corrected chi connectivity index (χ0v) is 27.6. The van der Waals surface area contributed by atoms with Crippen molar-refractivity contribution in [3.8, 4) is 11.3 Å². The quantitative estimate of drug-likeness (QED) is 0.138. The van der Waals surface area contributed by atoms with Crippen LogP contribution in [0.3, 0.4) is 0 Å². The zero-order valence-electron chi connectivity index (χ0n) is 27.6. The number of carbonyl (C=O) groups excluding carboxylic acids is 3. The van der Waals surface area contributed by atoms with Gasteiger partial charge in [-0.2, -0.15) is 5.10 Å². The van der Waals surface area contributed by atoms with Gasteiger partial charge in [0.05, 0.1) is 36.8 Å². The summed E-state index contributed by atoms with van der Waals surface area (Å²) in [4.78, 5) is 51.5. The fourth-order valence-corrected chi connectivity index (χ4v) is 5.54. The number of amides is 3. The van der Waals surface area contributed by atoms with Crippen molar-refractivity contribution in [3.05, 3.63) is 65.5 Å². The molecule has 0 saturated carbocycles. The third-order valence-corrected chi connectivity index (χ3v) is 7.98. The smallest absolute Gasteiger partial charge is 0.276 e. The lowest BCUT2D eigenvalue weighted by molar-refractivity contribution is -0.249. The molecule has 3 aromatic heterocycles. The average molecular weight is 666 g/mol. The molecule has 1 aliphatic rings. The van der Waals surface area contributed by atoms with E-state index in [2.05, 4.69) is 41.3 Å². The standard InChI is InChI=1S/C32H40FN9O6/c1-31(2,3)23-16-24(21-6-8-22(33)9-7-21)37-42-18-25(35-28(23)42)30(45)41-12-11-39(20-32(41,4)5)29(44)26-17-40(38-36-26)19-27(43)34-10-13-47-14-15-48-46/h6-9,16-18,46H,10-15,19-20H2,1-5H3,(H,34,43). The number of imidazole rings is 1. The number of halogens is 1. The van der Waals surface area contributed by atoms with Crippen molar-refractivity contribution in [1.29, 1.82) is 0 Å². The van der Waals surface area contributed by atoms with E-state index in [0.717, 1.165) is 11.1 Å². The number of hydrogen-bond acceptors (Lipinski definition) is 10. The van der Waals surface area contributed by atoms with Gasteiger partial charge in [-0.15, -0.1) is 5.10 Å². The first-order valence-corrected chi connectivity index (χ1v) is 15.6. The summed E-state index contributed by atoms with van der Waals surface area (Å²) >= 11 is 0. The van der Waals surface area contributed by atoms with Crippen LogP contribution in [0.25, 0.3) is 16.9 Å². The van der Waals surface area contributed by atoms with Crippen molar-refractivity contribution in [2.45, 2.75) is 52.1 Å². The largest absolute Gasteiger partial charge is 0.377 e. The van der Waals surface area contributed by atoms with Crippen LogP contribution < -0.4 is 5.32 Å². The lowest BCUT2D eigenvalue weighted by atomic mass is 9.87. The number of rotatable bonds is 11. The maximum absolute atomic E-state index is 13.9. The van der Waals surface area contributed by atoms with Crippen molar-refractivity contribution >= 4 is 23.4 Å². The molecule has 2 N–H and O–H groups in total. The monoisotopic (exact) mass is 665 g/mol. The van der Waals surface area contributed by atoms with Gasteiger partial charge < -0.3 is 19.9 Å². The van der Waals surface area contributed by atoms with E-state index in [1.54, 1.807) is 32.6 Å². The van der Waals surface area contributed by atoms with Gasteiger partial charge in [-0.25, -0.2) is 23.5 Å². The Kier molecular flexibility index (Phi) is 10.2. The molecule has 1 aromatic carbocycles. The predicted molar refractivity (Wildman–Crippen MR) is 171 cm³/mol. The second-order valence-electron chi connectivity index (χ2n) is 13.2. The summed E-state index contributed by atoms with van der Waals surface area (Å²) in [6, 6.07) is 8.02.